The van der Waals surface area contributed by atoms with Crippen molar-refractivity contribution >= 4 is 44.1 Å². The van der Waals surface area contributed by atoms with Crippen LogP contribution in [0.4, 0.5) is 5.69 Å². The molecule has 0 aliphatic heterocycles. The molecule has 0 unspecified atom stereocenters. The van der Waals surface area contributed by atoms with Crippen molar-refractivity contribution < 1.29 is 8.42 Å². The largest absolute Gasteiger partial charge is 0.271 e. The van der Waals surface area contributed by atoms with Crippen molar-refractivity contribution in [3.8, 4) is 6.19 Å². The van der Waals surface area contributed by atoms with E-state index < -0.39 is 9.84 Å². The number of rotatable bonds is 4. The normalized spacial score (nSPS) is 12.0. The van der Waals surface area contributed by atoms with Crippen LogP contribution in [0.1, 0.15) is 13.3 Å². The van der Waals surface area contributed by atoms with Gasteiger partial charge >= 0.3 is 0 Å². The summed E-state index contributed by atoms with van der Waals surface area (Å²) >= 11 is 7.10. The Kier molecular flexibility index (Phi) is 6.33. The summed E-state index contributed by atoms with van der Waals surface area (Å²) in [7, 11) is -3.41. The second kappa shape index (κ2) is 7.53. The van der Waals surface area contributed by atoms with Crippen molar-refractivity contribution in [3.05, 3.63) is 23.2 Å². The fraction of sp³-hybridized carbons (Fsp3) is 0.333. The number of aliphatic imine (C=N–C) groups is 1. The first-order valence-electron chi connectivity index (χ1n) is 5.74. The highest BCUT2D eigenvalue weighted by molar-refractivity contribution is 8.13. The molecule has 0 amide bonds. The zero-order valence-corrected chi connectivity index (χ0v) is 13.4. The van der Waals surface area contributed by atoms with Crippen molar-refractivity contribution in [1.82, 2.24) is 5.32 Å². The average molecular weight is 332 g/mol. The van der Waals surface area contributed by atoms with Crippen molar-refractivity contribution in [1.29, 1.82) is 5.26 Å². The summed E-state index contributed by atoms with van der Waals surface area (Å²) < 4.78 is 24.4. The highest BCUT2D eigenvalue weighted by Crippen LogP contribution is 2.29. The Morgan fingerprint density at radius 1 is 1.55 bits per heavy atom. The SMILES string of the molecule is CCCS(=O)(=O)c1ccc(Cl)cc1N=C(NC#N)SC. The maximum Gasteiger partial charge on any atom is 0.183 e. The first-order valence-corrected chi connectivity index (χ1v) is 9.00. The molecule has 8 heteroatoms. The van der Waals surface area contributed by atoms with E-state index in [0.29, 0.717) is 16.6 Å². The van der Waals surface area contributed by atoms with E-state index in [0.717, 1.165) is 0 Å². The van der Waals surface area contributed by atoms with Gasteiger partial charge < -0.3 is 0 Å². The minimum atomic E-state index is -3.41. The molecule has 1 rings (SSSR count). The third kappa shape index (κ3) is 4.40. The van der Waals surface area contributed by atoms with Crippen molar-refractivity contribution in [3.63, 3.8) is 0 Å². The maximum atomic E-state index is 12.2. The highest BCUT2D eigenvalue weighted by Gasteiger charge is 2.18. The third-order valence-electron chi connectivity index (χ3n) is 2.31. The Morgan fingerprint density at radius 3 is 2.80 bits per heavy atom. The van der Waals surface area contributed by atoms with Crippen LogP contribution >= 0.6 is 23.4 Å². The molecule has 0 bridgehead atoms. The zero-order chi connectivity index (χ0) is 15.2. The Hall–Kier alpha value is -1.23. The number of nitriles is 1. The lowest BCUT2D eigenvalue weighted by atomic mass is 10.3. The predicted octanol–water partition coefficient (Wildman–Crippen LogP) is 2.94. The molecular formula is C12H14ClN3O2S2. The topological polar surface area (TPSA) is 82.3 Å². The Labute approximate surface area is 128 Å². The molecule has 1 aromatic carbocycles. The number of halogens is 1. The van der Waals surface area contributed by atoms with Gasteiger partial charge in [0.15, 0.2) is 21.2 Å². The summed E-state index contributed by atoms with van der Waals surface area (Å²) in [5.41, 5.74) is 0.234. The second-order valence-electron chi connectivity index (χ2n) is 3.79. The van der Waals surface area contributed by atoms with Gasteiger partial charge in [0.25, 0.3) is 0 Å². The van der Waals surface area contributed by atoms with Crippen LogP contribution in [0, 0.1) is 11.5 Å². The minimum absolute atomic E-state index is 0.0391. The molecular weight excluding hydrogens is 318 g/mol. The number of nitrogens with one attached hydrogen (secondary N) is 1. The van der Waals surface area contributed by atoms with E-state index >= 15 is 0 Å². The Morgan fingerprint density at radius 2 is 2.25 bits per heavy atom. The summed E-state index contributed by atoms with van der Waals surface area (Å²) in [5, 5.41) is 11.7. The molecule has 0 fully saturated rings. The van der Waals surface area contributed by atoms with E-state index in [9.17, 15) is 8.42 Å². The molecule has 0 atom stereocenters. The van der Waals surface area contributed by atoms with Crippen LogP contribution in [0.5, 0.6) is 0 Å². The summed E-state index contributed by atoms with van der Waals surface area (Å²) in [6.45, 7) is 1.79. The number of amidine groups is 1. The van der Waals surface area contributed by atoms with Crippen molar-refractivity contribution in [2.75, 3.05) is 12.0 Å². The van der Waals surface area contributed by atoms with Crippen molar-refractivity contribution in [2.24, 2.45) is 4.99 Å². The highest BCUT2D eigenvalue weighted by atomic mass is 35.5. The number of sulfone groups is 1. The molecule has 0 radical (unpaired) electrons. The number of nitrogens with zero attached hydrogens (tertiary/aromatic N) is 2. The average Bonchev–Trinajstić information content (AvgIpc) is 2.37. The second-order valence-corrected chi connectivity index (χ2v) is 7.10. The quantitative estimate of drug-likeness (QED) is 0.397. The van der Waals surface area contributed by atoms with E-state index in [2.05, 4.69) is 10.3 Å². The monoisotopic (exact) mass is 331 g/mol. The van der Waals surface area contributed by atoms with Gasteiger partial charge in [-0.05, 0) is 30.9 Å². The van der Waals surface area contributed by atoms with Gasteiger partial charge in [0.1, 0.15) is 0 Å². The smallest absolute Gasteiger partial charge is 0.183 e. The standard InChI is InChI=1S/C12H14ClN3O2S2/c1-3-6-20(17,18)11-5-4-9(13)7-10(11)16-12(19-2)15-8-14/h4-5,7H,3,6H2,1-2H3,(H,15,16). The van der Waals surface area contributed by atoms with Gasteiger partial charge in [-0.3, -0.25) is 5.32 Å². The number of hydrogen-bond donors (Lipinski definition) is 1. The van der Waals surface area contributed by atoms with Crippen LogP contribution in [-0.2, 0) is 9.84 Å². The summed E-state index contributed by atoms with van der Waals surface area (Å²) in [4.78, 5) is 4.28. The van der Waals surface area contributed by atoms with E-state index in [1.54, 1.807) is 19.4 Å². The van der Waals surface area contributed by atoms with E-state index in [1.165, 1.54) is 30.0 Å². The van der Waals surface area contributed by atoms with Gasteiger partial charge in [-0.25, -0.2) is 13.4 Å². The van der Waals surface area contributed by atoms with Gasteiger partial charge in [-0.1, -0.05) is 30.3 Å². The molecule has 5 nitrogen and oxygen atoms in total. The van der Waals surface area contributed by atoms with Gasteiger partial charge in [0.05, 0.1) is 16.3 Å². The number of thioether (sulfide) groups is 1. The molecule has 0 aliphatic rings. The lowest BCUT2D eigenvalue weighted by Crippen LogP contribution is -2.13. The Bertz CT molecular complexity index is 651. The lowest BCUT2D eigenvalue weighted by Gasteiger charge is -2.08. The molecule has 1 N–H and O–H groups in total. The van der Waals surface area contributed by atoms with Crippen LogP contribution in [-0.4, -0.2) is 25.6 Å². The van der Waals surface area contributed by atoms with E-state index in [4.69, 9.17) is 16.9 Å². The van der Waals surface area contributed by atoms with Crippen LogP contribution in [0.2, 0.25) is 5.02 Å². The summed E-state index contributed by atoms with van der Waals surface area (Å²) in [5.74, 6) is 0.0391. The van der Waals surface area contributed by atoms with Gasteiger partial charge in [0.2, 0.25) is 0 Å². The molecule has 1 aromatic rings. The van der Waals surface area contributed by atoms with Crippen LogP contribution in [0.3, 0.4) is 0 Å². The lowest BCUT2D eigenvalue weighted by molar-refractivity contribution is 0.595. The maximum absolute atomic E-state index is 12.2. The third-order valence-corrected chi connectivity index (χ3v) is 5.08. The predicted molar refractivity (Wildman–Crippen MR) is 83.2 cm³/mol. The molecule has 0 aliphatic carbocycles. The summed E-state index contributed by atoms with van der Waals surface area (Å²) in [6.07, 6.45) is 4.00. The van der Waals surface area contributed by atoms with Gasteiger partial charge in [-0.15, -0.1) is 0 Å². The Balaban J connectivity index is 3.39. The van der Waals surface area contributed by atoms with Gasteiger partial charge in [0, 0.05) is 5.02 Å². The first-order chi connectivity index (χ1) is 9.44. The summed E-state index contributed by atoms with van der Waals surface area (Å²) in [6, 6.07) is 4.43. The molecule has 0 aromatic heterocycles. The van der Waals surface area contributed by atoms with Crippen molar-refractivity contribution in [2.45, 2.75) is 18.2 Å². The molecule has 0 saturated heterocycles. The van der Waals surface area contributed by atoms with E-state index in [1.807, 2.05) is 0 Å². The van der Waals surface area contributed by atoms with E-state index in [-0.39, 0.29) is 16.3 Å². The zero-order valence-electron chi connectivity index (χ0n) is 11.1. The molecule has 0 heterocycles. The van der Waals surface area contributed by atoms with Crippen LogP contribution in [0.25, 0.3) is 0 Å². The molecule has 0 saturated carbocycles. The van der Waals surface area contributed by atoms with Crippen LogP contribution in [0.15, 0.2) is 28.1 Å². The number of benzene rings is 1. The molecule has 108 valence electrons. The fourth-order valence-electron chi connectivity index (χ4n) is 1.50. The molecule has 0 spiro atoms. The number of hydrogen-bond acceptors (Lipinski definition) is 5. The fourth-order valence-corrected chi connectivity index (χ4v) is 3.46. The minimum Gasteiger partial charge on any atom is -0.271 e. The molecule has 20 heavy (non-hydrogen) atoms. The first kappa shape index (κ1) is 16.8. The van der Waals surface area contributed by atoms with Gasteiger partial charge in [-0.2, -0.15) is 5.26 Å². The van der Waals surface area contributed by atoms with Crippen LogP contribution < -0.4 is 5.32 Å².